The van der Waals surface area contributed by atoms with Crippen LogP contribution in [0.4, 0.5) is 10.2 Å². The van der Waals surface area contributed by atoms with Gasteiger partial charge in [-0.05, 0) is 6.42 Å². The lowest BCUT2D eigenvalue weighted by Crippen LogP contribution is -2.38. The minimum atomic E-state index is -0.813. The number of hydrogen-bond donors (Lipinski definition) is 0. The van der Waals surface area contributed by atoms with E-state index in [9.17, 15) is 4.39 Å². The fourth-order valence-corrected chi connectivity index (χ4v) is 3.08. The van der Waals surface area contributed by atoms with E-state index in [-0.39, 0.29) is 11.7 Å². The first-order chi connectivity index (χ1) is 11.5. The number of hydrogen-bond acceptors (Lipinski definition) is 6. The third kappa shape index (κ3) is 3.68. The molecule has 1 fully saturated rings. The zero-order chi connectivity index (χ0) is 17.1. The fourth-order valence-electron chi connectivity index (χ4n) is 3.08. The molecule has 0 radical (unpaired) electrons. The molecule has 0 saturated carbocycles. The van der Waals surface area contributed by atoms with Crippen molar-refractivity contribution in [1.29, 1.82) is 5.26 Å². The van der Waals surface area contributed by atoms with Crippen LogP contribution in [0.15, 0.2) is 24.8 Å². The van der Waals surface area contributed by atoms with E-state index in [0.717, 1.165) is 5.56 Å². The molecule has 3 heterocycles. The van der Waals surface area contributed by atoms with Crippen LogP contribution in [0, 0.1) is 11.3 Å². The number of aromatic nitrogens is 4. The van der Waals surface area contributed by atoms with E-state index in [4.69, 9.17) is 5.26 Å². The molecule has 0 bridgehead atoms. The number of anilines is 1. The highest BCUT2D eigenvalue weighted by Gasteiger charge is 2.33. The molecule has 3 rings (SSSR count). The fraction of sp³-hybridized carbons (Fsp3) is 0.500. The van der Waals surface area contributed by atoms with Crippen LogP contribution >= 0.6 is 0 Å². The van der Waals surface area contributed by atoms with Gasteiger partial charge in [0.05, 0.1) is 18.6 Å². The van der Waals surface area contributed by atoms with Gasteiger partial charge >= 0.3 is 0 Å². The second-order valence-electron chi connectivity index (χ2n) is 6.19. The number of likely N-dealkylation sites (tertiary alicyclic amines) is 1. The number of halogens is 1. The van der Waals surface area contributed by atoms with Crippen molar-refractivity contribution in [2.45, 2.75) is 25.2 Å². The summed E-state index contributed by atoms with van der Waals surface area (Å²) >= 11 is 0. The molecule has 2 aromatic heterocycles. The van der Waals surface area contributed by atoms with Crippen molar-refractivity contribution >= 4 is 5.82 Å². The Balaban J connectivity index is 1.66. The molecule has 0 N–H and O–H groups in total. The highest BCUT2D eigenvalue weighted by molar-refractivity contribution is 5.36. The van der Waals surface area contributed by atoms with E-state index in [1.54, 1.807) is 10.9 Å². The average Bonchev–Trinajstić information content (AvgIpc) is 3.13. The molecular formula is C16H20FN7. The highest BCUT2D eigenvalue weighted by atomic mass is 19.1. The summed E-state index contributed by atoms with van der Waals surface area (Å²) in [6.45, 7) is 1.78. The summed E-state index contributed by atoms with van der Waals surface area (Å²) in [5.41, 5.74) is 1.37. The number of rotatable bonds is 5. The molecule has 0 aliphatic carbocycles. The topological polar surface area (TPSA) is 73.9 Å². The molecular weight excluding hydrogens is 309 g/mol. The summed E-state index contributed by atoms with van der Waals surface area (Å²) in [4.78, 5) is 12.4. The summed E-state index contributed by atoms with van der Waals surface area (Å²) in [6, 6.07) is 2.05. The standard InChI is InChI=1S/C16H20FN7/c1-22(16-7-19-14(4-18)6-20-16)11-15-3-13(17)10-24(15)9-12-5-21-23(2)8-12/h5-8,13,15H,3,9-11H2,1-2H3/t13-,15-/m0/s1. The van der Waals surface area contributed by atoms with E-state index < -0.39 is 6.17 Å². The quantitative estimate of drug-likeness (QED) is 0.819. The SMILES string of the molecule is CN(C[C@@H]1C[C@H](F)CN1Cc1cnn(C)c1)c1cnc(C#N)cn1. The number of nitriles is 1. The summed E-state index contributed by atoms with van der Waals surface area (Å²) < 4.78 is 15.7. The van der Waals surface area contributed by atoms with Gasteiger partial charge in [0.25, 0.3) is 0 Å². The predicted molar refractivity (Wildman–Crippen MR) is 86.9 cm³/mol. The van der Waals surface area contributed by atoms with Gasteiger partial charge < -0.3 is 4.90 Å². The lowest BCUT2D eigenvalue weighted by Gasteiger charge is -2.28. The predicted octanol–water partition coefficient (Wildman–Crippen LogP) is 1.13. The molecule has 0 unspecified atom stereocenters. The van der Waals surface area contributed by atoms with Gasteiger partial charge in [0.2, 0.25) is 0 Å². The monoisotopic (exact) mass is 329 g/mol. The largest absolute Gasteiger partial charge is 0.357 e. The molecule has 1 saturated heterocycles. The van der Waals surface area contributed by atoms with Crippen molar-refractivity contribution < 1.29 is 4.39 Å². The maximum atomic E-state index is 13.9. The van der Waals surface area contributed by atoms with Gasteiger partial charge in [0, 0.05) is 51.5 Å². The second kappa shape index (κ2) is 6.93. The van der Waals surface area contributed by atoms with Crippen LogP contribution < -0.4 is 4.90 Å². The van der Waals surface area contributed by atoms with Crippen LogP contribution in [0.3, 0.4) is 0 Å². The third-order valence-electron chi connectivity index (χ3n) is 4.25. The van der Waals surface area contributed by atoms with Gasteiger partial charge in [0.15, 0.2) is 5.69 Å². The van der Waals surface area contributed by atoms with Crippen molar-refractivity contribution in [3.63, 3.8) is 0 Å². The minimum Gasteiger partial charge on any atom is -0.357 e. The Kier molecular flexibility index (Phi) is 4.71. The second-order valence-corrected chi connectivity index (χ2v) is 6.19. The lowest BCUT2D eigenvalue weighted by molar-refractivity contribution is 0.237. The summed E-state index contributed by atoms with van der Waals surface area (Å²) in [5.74, 6) is 0.678. The number of likely N-dealkylation sites (N-methyl/N-ethyl adjacent to an activating group) is 1. The van der Waals surface area contributed by atoms with Crippen LogP contribution in [-0.2, 0) is 13.6 Å². The van der Waals surface area contributed by atoms with Crippen LogP contribution in [0.2, 0.25) is 0 Å². The Labute approximate surface area is 140 Å². The maximum absolute atomic E-state index is 13.9. The van der Waals surface area contributed by atoms with Gasteiger partial charge in [-0.1, -0.05) is 0 Å². The van der Waals surface area contributed by atoms with E-state index >= 15 is 0 Å². The Morgan fingerprint density at radius 1 is 1.38 bits per heavy atom. The summed E-state index contributed by atoms with van der Waals surface area (Å²) in [7, 11) is 3.78. The van der Waals surface area contributed by atoms with Crippen LogP contribution in [0.25, 0.3) is 0 Å². The first-order valence-electron chi connectivity index (χ1n) is 7.84. The van der Waals surface area contributed by atoms with Gasteiger partial charge in [-0.2, -0.15) is 10.4 Å². The van der Waals surface area contributed by atoms with Crippen molar-refractivity contribution in [2.24, 2.45) is 7.05 Å². The van der Waals surface area contributed by atoms with Crippen LogP contribution in [-0.4, -0.2) is 57.0 Å². The van der Waals surface area contributed by atoms with E-state index in [0.29, 0.717) is 31.9 Å². The smallest absolute Gasteiger partial charge is 0.158 e. The van der Waals surface area contributed by atoms with Crippen molar-refractivity contribution in [1.82, 2.24) is 24.6 Å². The zero-order valence-corrected chi connectivity index (χ0v) is 13.8. The Morgan fingerprint density at radius 3 is 2.83 bits per heavy atom. The molecule has 8 heteroatoms. The lowest BCUT2D eigenvalue weighted by atomic mass is 10.2. The van der Waals surface area contributed by atoms with E-state index in [2.05, 4.69) is 20.0 Å². The Hall–Kier alpha value is -2.53. The van der Waals surface area contributed by atoms with Crippen LogP contribution in [0.1, 0.15) is 17.7 Å². The van der Waals surface area contributed by atoms with Gasteiger partial charge in [-0.25, -0.2) is 14.4 Å². The first-order valence-corrected chi connectivity index (χ1v) is 7.84. The molecule has 0 spiro atoms. The molecule has 0 amide bonds. The third-order valence-corrected chi connectivity index (χ3v) is 4.25. The normalized spacial score (nSPS) is 20.9. The van der Waals surface area contributed by atoms with E-state index in [1.165, 1.54) is 6.20 Å². The first kappa shape index (κ1) is 16.3. The van der Waals surface area contributed by atoms with Crippen LogP contribution in [0.5, 0.6) is 0 Å². The Bertz CT molecular complexity index is 721. The molecule has 1 aliphatic heterocycles. The number of nitrogens with zero attached hydrogens (tertiary/aromatic N) is 7. The average molecular weight is 329 g/mol. The highest BCUT2D eigenvalue weighted by Crippen LogP contribution is 2.24. The summed E-state index contributed by atoms with van der Waals surface area (Å²) in [5, 5.41) is 13.0. The van der Waals surface area contributed by atoms with E-state index in [1.807, 2.05) is 37.5 Å². The summed E-state index contributed by atoms with van der Waals surface area (Å²) in [6.07, 6.45) is 6.50. The van der Waals surface area contributed by atoms with Gasteiger partial charge in [-0.3, -0.25) is 9.58 Å². The zero-order valence-electron chi connectivity index (χ0n) is 13.8. The molecule has 7 nitrogen and oxygen atoms in total. The molecule has 126 valence electrons. The Morgan fingerprint density at radius 2 is 2.21 bits per heavy atom. The molecule has 1 aliphatic rings. The molecule has 2 aromatic rings. The van der Waals surface area contributed by atoms with Crippen molar-refractivity contribution in [3.8, 4) is 6.07 Å². The van der Waals surface area contributed by atoms with Gasteiger partial charge in [0.1, 0.15) is 18.1 Å². The maximum Gasteiger partial charge on any atom is 0.158 e. The minimum absolute atomic E-state index is 0.0997. The molecule has 0 aromatic carbocycles. The van der Waals surface area contributed by atoms with Gasteiger partial charge in [-0.15, -0.1) is 0 Å². The van der Waals surface area contributed by atoms with Crippen molar-refractivity contribution in [3.05, 3.63) is 36.0 Å². The number of alkyl halides is 1. The molecule has 24 heavy (non-hydrogen) atoms. The number of aryl methyl sites for hydroxylation is 1. The van der Waals surface area contributed by atoms with Crippen molar-refractivity contribution in [2.75, 3.05) is 25.0 Å². The molecule has 2 atom stereocenters.